The van der Waals surface area contributed by atoms with Crippen molar-refractivity contribution in [1.29, 1.82) is 0 Å². The fourth-order valence-corrected chi connectivity index (χ4v) is 3.10. The second-order valence-corrected chi connectivity index (χ2v) is 7.54. The number of carbonyl (C=O) groups excluding carboxylic acids is 1. The van der Waals surface area contributed by atoms with E-state index in [1.165, 1.54) is 0 Å². The van der Waals surface area contributed by atoms with Gasteiger partial charge in [-0.1, -0.05) is 6.92 Å². The van der Waals surface area contributed by atoms with Gasteiger partial charge in [0.25, 0.3) is 0 Å². The van der Waals surface area contributed by atoms with Crippen molar-refractivity contribution in [3.8, 4) is 0 Å². The van der Waals surface area contributed by atoms with Crippen molar-refractivity contribution in [3.63, 3.8) is 0 Å². The van der Waals surface area contributed by atoms with Crippen molar-refractivity contribution in [2.45, 2.75) is 64.2 Å². The molecule has 7 heteroatoms. The minimum absolute atomic E-state index is 0.0169. The van der Waals surface area contributed by atoms with Crippen LogP contribution in [0.1, 0.15) is 46.0 Å². The van der Waals surface area contributed by atoms with Crippen LogP contribution in [0, 0.1) is 0 Å². The van der Waals surface area contributed by atoms with Crippen molar-refractivity contribution < 1.29 is 14.3 Å². The molecule has 1 N–H and O–H groups in total. The SMILES string of the molecule is CCC(C)NC(=NCC(=O)N(C)C)N1CCC(OCC2CCCO2)CC1. The summed E-state index contributed by atoms with van der Waals surface area (Å²) in [6.45, 7) is 7.85. The summed E-state index contributed by atoms with van der Waals surface area (Å²) in [7, 11) is 3.52. The Morgan fingerprint density at radius 3 is 2.65 bits per heavy atom. The highest BCUT2D eigenvalue weighted by atomic mass is 16.5. The van der Waals surface area contributed by atoms with Gasteiger partial charge in [-0.15, -0.1) is 0 Å². The number of amides is 1. The number of nitrogens with zero attached hydrogens (tertiary/aromatic N) is 3. The third-order valence-corrected chi connectivity index (χ3v) is 5.13. The van der Waals surface area contributed by atoms with E-state index in [0.29, 0.717) is 18.8 Å². The van der Waals surface area contributed by atoms with Crippen LogP contribution in [0.25, 0.3) is 0 Å². The molecule has 7 nitrogen and oxygen atoms in total. The molecule has 2 unspecified atom stereocenters. The van der Waals surface area contributed by atoms with Crippen LogP contribution in [0.2, 0.25) is 0 Å². The molecule has 150 valence electrons. The van der Waals surface area contributed by atoms with Gasteiger partial charge in [0.05, 0.1) is 18.8 Å². The first-order valence-corrected chi connectivity index (χ1v) is 9.98. The van der Waals surface area contributed by atoms with Crippen LogP contribution in [0.5, 0.6) is 0 Å². The zero-order valence-electron chi connectivity index (χ0n) is 16.9. The number of ether oxygens (including phenoxy) is 2. The van der Waals surface area contributed by atoms with Crippen molar-refractivity contribution >= 4 is 11.9 Å². The van der Waals surface area contributed by atoms with Gasteiger partial charge in [-0.3, -0.25) is 4.79 Å². The highest BCUT2D eigenvalue weighted by Crippen LogP contribution is 2.18. The Balaban J connectivity index is 1.83. The van der Waals surface area contributed by atoms with E-state index in [-0.39, 0.29) is 18.6 Å². The van der Waals surface area contributed by atoms with Gasteiger partial charge in [0.15, 0.2) is 5.96 Å². The Labute approximate surface area is 158 Å². The van der Waals surface area contributed by atoms with Crippen molar-refractivity contribution in [2.75, 3.05) is 46.9 Å². The van der Waals surface area contributed by atoms with E-state index >= 15 is 0 Å². The molecule has 0 radical (unpaired) electrons. The zero-order chi connectivity index (χ0) is 18.9. The first kappa shape index (κ1) is 21.0. The molecule has 2 aliphatic heterocycles. The van der Waals surface area contributed by atoms with Crippen molar-refractivity contribution in [1.82, 2.24) is 15.1 Å². The van der Waals surface area contributed by atoms with E-state index in [1.807, 2.05) is 0 Å². The summed E-state index contributed by atoms with van der Waals surface area (Å²) in [5, 5.41) is 3.47. The van der Waals surface area contributed by atoms with E-state index in [1.54, 1.807) is 19.0 Å². The maximum Gasteiger partial charge on any atom is 0.243 e. The molecule has 0 aromatic rings. The van der Waals surface area contributed by atoms with Gasteiger partial charge in [-0.05, 0) is 39.0 Å². The number of rotatable bonds is 7. The van der Waals surface area contributed by atoms with E-state index in [2.05, 4.69) is 29.1 Å². The predicted molar refractivity (Wildman–Crippen MR) is 103 cm³/mol. The van der Waals surface area contributed by atoms with Gasteiger partial charge in [-0.2, -0.15) is 0 Å². The Hall–Kier alpha value is -1.34. The van der Waals surface area contributed by atoms with E-state index in [4.69, 9.17) is 9.47 Å². The molecule has 2 aliphatic rings. The molecule has 26 heavy (non-hydrogen) atoms. The van der Waals surface area contributed by atoms with Gasteiger partial charge in [-0.25, -0.2) is 4.99 Å². The molecule has 2 heterocycles. The average molecular weight is 369 g/mol. The first-order chi connectivity index (χ1) is 12.5. The van der Waals surface area contributed by atoms with Crippen LogP contribution in [0.4, 0.5) is 0 Å². The second-order valence-electron chi connectivity index (χ2n) is 7.54. The fraction of sp³-hybridized carbons (Fsp3) is 0.895. The topological polar surface area (TPSA) is 66.4 Å². The third-order valence-electron chi connectivity index (χ3n) is 5.13. The summed E-state index contributed by atoms with van der Waals surface area (Å²) < 4.78 is 11.7. The minimum atomic E-state index is 0.0169. The van der Waals surface area contributed by atoms with Gasteiger partial charge in [0, 0.05) is 39.8 Å². The molecule has 0 aromatic heterocycles. The van der Waals surface area contributed by atoms with E-state index in [0.717, 1.165) is 57.8 Å². The second kappa shape index (κ2) is 10.7. The Kier molecular flexibility index (Phi) is 8.65. The normalized spacial score (nSPS) is 23.2. The number of carbonyl (C=O) groups is 1. The van der Waals surface area contributed by atoms with Gasteiger partial charge < -0.3 is 24.6 Å². The predicted octanol–water partition coefficient (Wildman–Crippen LogP) is 1.48. The number of likely N-dealkylation sites (tertiary alicyclic amines) is 1. The summed E-state index contributed by atoms with van der Waals surface area (Å²) in [5.74, 6) is 0.857. The lowest BCUT2D eigenvalue weighted by Gasteiger charge is -2.35. The molecule has 0 saturated carbocycles. The number of nitrogens with one attached hydrogen (secondary N) is 1. The zero-order valence-corrected chi connectivity index (χ0v) is 16.9. The average Bonchev–Trinajstić information content (AvgIpc) is 3.16. The molecule has 2 atom stereocenters. The Bertz CT molecular complexity index is 456. The van der Waals surface area contributed by atoms with E-state index < -0.39 is 0 Å². The Morgan fingerprint density at radius 2 is 2.08 bits per heavy atom. The van der Waals surface area contributed by atoms with Crippen LogP contribution in [0.15, 0.2) is 4.99 Å². The third kappa shape index (κ3) is 6.76. The molecule has 2 rings (SSSR count). The molecule has 0 aromatic carbocycles. The van der Waals surface area contributed by atoms with Crippen LogP contribution in [-0.4, -0.2) is 86.9 Å². The smallest absolute Gasteiger partial charge is 0.243 e. The van der Waals surface area contributed by atoms with Crippen LogP contribution in [-0.2, 0) is 14.3 Å². The molecule has 2 fully saturated rings. The van der Waals surface area contributed by atoms with Crippen molar-refractivity contribution in [2.24, 2.45) is 4.99 Å². The van der Waals surface area contributed by atoms with Gasteiger partial charge in [0.2, 0.25) is 5.91 Å². The van der Waals surface area contributed by atoms with Crippen LogP contribution < -0.4 is 5.32 Å². The first-order valence-electron chi connectivity index (χ1n) is 9.98. The van der Waals surface area contributed by atoms with Crippen LogP contribution in [0.3, 0.4) is 0 Å². The summed E-state index contributed by atoms with van der Waals surface area (Å²) in [6.07, 6.45) is 5.83. The summed E-state index contributed by atoms with van der Waals surface area (Å²) in [5.41, 5.74) is 0. The fourth-order valence-electron chi connectivity index (χ4n) is 3.10. The molecule has 0 aliphatic carbocycles. The summed E-state index contributed by atoms with van der Waals surface area (Å²) in [4.78, 5) is 20.3. The molecular formula is C19H36N4O3. The highest BCUT2D eigenvalue weighted by molar-refractivity contribution is 5.85. The monoisotopic (exact) mass is 368 g/mol. The minimum Gasteiger partial charge on any atom is -0.376 e. The number of hydrogen-bond donors (Lipinski definition) is 1. The molecule has 2 saturated heterocycles. The number of aliphatic imine (C=N–C) groups is 1. The number of hydrogen-bond acceptors (Lipinski definition) is 4. The van der Waals surface area contributed by atoms with Crippen LogP contribution >= 0.6 is 0 Å². The quantitative estimate of drug-likeness (QED) is 0.545. The number of guanidine groups is 1. The summed E-state index contributed by atoms with van der Waals surface area (Å²) >= 11 is 0. The lowest BCUT2D eigenvalue weighted by Crippen LogP contribution is -2.49. The maximum absolute atomic E-state index is 11.9. The molecular weight excluding hydrogens is 332 g/mol. The number of likely N-dealkylation sites (N-methyl/N-ethyl adjacent to an activating group) is 1. The maximum atomic E-state index is 11.9. The molecule has 0 spiro atoms. The highest BCUT2D eigenvalue weighted by Gasteiger charge is 2.25. The molecule has 1 amide bonds. The standard InChI is InChI=1S/C19H36N4O3/c1-5-15(2)21-19(20-13-18(24)22(3)4)23-10-8-16(9-11-23)26-14-17-7-6-12-25-17/h15-17H,5-14H2,1-4H3,(H,20,21). The lowest BCUT2D eigenvalue weighted by atomic mass is 10.1. The van der Waals surface area contributed by atoms with Crippen molar-refractivity contribution in [3.05, 3.63) is 0 Å². The van der Waals surface area contributed by atoms with E-state index in [9.17, 15) is 4.79 Å². The van der Waals surface area contributed by atoms with Gasteiger partial charge >= 0.3 is 0 Å². The summed E-state index contributed by atoms with van der Waals surface area (Å²) in [6, 6.07) is 0.330. The largest absolute Gasteiger partial charge is 0.376 e. The number of piperidine rings is 1. The van der Waals surface area contributed by atoms with Gasteiger partial charge in [0.1, 0.15) is 6.54 Å². The molecule has 0 bridgehead atoms. The lowest BCUT2D eigenvalue weighted by molar-refractivity contribution is -0.127. The Morgan fingerprint density at radius 1 is 1.35 bits per heavy atom.